The third kappa shape index (κ3) is 4.26. The number of amides is 1. The normalized spacial score (nSPS) is 17.5. The average Bonchev–Trinajstić information content (AvgIpc) is 3.14. The summed E-state index contributed by atoms with van der Waals surface area (Å²) < 4.78 is 13.0. The minimum atomic E-state index is -1.12. The van der Waals surface area contributed by atoms with Crippen LogP contribution >= 0.6 is 0 Å². The van der Waals surface area contributed by atoms with Gasteiger partial charge in [-0.1, -0.05) is 42.8 Å². The molecule has 2 heterocycles. The highest BCUT2D eigenvalue weighted by molar-refractivity contribution is 6.19. The van der Waals surface area contributed by atoms with Gasteiger partial charge in [0.1, 0.15) is 12.1 Å². The smallest absolute Gasteiger partial charge is 0.348 e. The highest BCUT2D eigenvalue weighted by Crippen LogP contribution is 2.37. The molecule has 7 nitrogen and oxygen atoms in total. The molecule has 1 aliphatic heterocycles. The van der Waals surface area contributed by atoms with E-state index in [9.17, 15) is 14.4 Å². The van der Waals surface area contributed by atoms with Crippen molar-refractivity contribution in [2.24, 2.45) is 0 Å². The lowest BCUT2D eigenvalue weighted by Gasteiger charge is -2.38. The SMILES string of the molecule is O=C(Cn1cc(C=C2C(=O)OC3(CCCCC3)OC2=O)c2ccccc21)Nc1ccccc1. The Bertz CT molecular complexity index is 1230. The first-order valence-electron chi connectivity index (χ1n) is 11.1. The summed E-state index contributed by atoms with van der Waals surface area (Å²) in [5, 5.41) is 3.69. The van der Waals surface area contributed by atoms with Crippen molar-refractivity contribution in [3.63, 3.8) is 0 Å². The Hall–Kier alpha value is -3.87. The summed E-state index contributed by atoms with van der Waals surface area (Å²) in [6.07, 6.45) is 7.08. The van der Waals surface area contributed by atoms with Crippen LogP contribution in [0.15, 0.2) is 66.4 Å². The lowest BCUT2D eigenvalue weighted by atomic mass is 9.93. The van der Waals surface area contributed by atoms with Gasteiger partial charge in [-0.15, -0.1) is 0 Å². The number of nitrogens with zero attached hydrogens (tertiary/aromatic N) is 1. The van der Waals surface area contributed by atoms with Crippen LogP contribution in [0.2, 0.25) is 0 Å². The molecule has 5 rings (SSSR count). The summed E-state index contributed by atoms with van der Waals surface area (Å²) in [6.45, 7) is 0.0799. The van der Waals surface area contributed by atoms with Crippen LogP contribution in [-0.2, 0) is 30.4 Å². The van der Waals surface area contributed by atoms with E-state index in [2.05, 4.69) is 5.32 Å². The Labute approximate surface area is 191 Å². The van der Waals surface area contributed by atoms with Crippen molar-refractivity contribution in [2.45, 2.75) is 44.4 Å². The van der Waals surface area contributed by atoms with Gasteiger partial charge in [-0.3, -0.25) is 4.79 Å². The molecule has 33 heavy (non-hydrogen) atoms. The van der Waals surface area contributed by atoms with E-state index in [1.54, 1.807) is 10.8 Å². The van der Waals surface area contributed by atoms with Crippen LogP contribution in [0.3, 0.4) is 0 Å². The Balaban J connectivity index is 1.42. The van der Waals surface area contributed by atoms with Crippen molar-refractivity contribution in [3.05, 3.63) is 71.9 Å². The molecule has 1 aliphatic carbocycles. The molecule has 2 aliphatic rings. The number of anilines is 1. The van der Waals surface area contributed by atoms with Crippen LogP contribution < -0.4 is 5.32 Å². The van der Waals surface area contributed by atoms with Gasteiger partial charge in [-0.05, 0) is 37.1 Å². The second-order valence-corrected chi connectivity index (χ2v) is 8.45. The van der Waals surface area contributed by atoms with Gasteiger partial charge in [0.25, 0.3) is 5.79 Å². The molecule has 1 amide bonds. The lowest BCUT2D eigenvalue weighted by molar-refractivity contribution is -0.244. The quantitative estimate of drug-likeness (QED) is 0.366. The molecule has 2 aromatic carbocycles. The summed E-state index contributed by atoms with van der Waals surface area (Å²) in [5.74, 6) is -2.62. The van der Waals surface area contributed by atoms with E-state index in [0.717, 1.165) is 30.2 Å². The maximum Gasteiger partial charge on any atom is 0.348 e. The molecule has 1 spiro atoms. The van der Waals surface area contributed by atoms with E-state index >= 15 is 0 Å². The van der Waals surface area contributed by atoms with Crippen LogP contribution in [0.4, 0.5) is 5.69 Å². The maximum atomic E-state index is 12.7. The standard InChI is InChI=1S/C26H24N2O5/c29-23(27-19-9-3-1-4-10-19)17-28-16-18(20-11-5-6-12-22(20)28)15-21-24(30)32-26(33-25(21)31)13-7-2-8-14-26/h1,3-6,9-12,15-16H,2,7-8,13-14,17H2,(H,27,29). The highest BCUT2D eigenvalue weighted by atomic mass is 16.7. The van der Waals surface area contributed by atoms with Gasteiger partial charge >= 0.3 is 11.9 Å². The van der Waals surface area contributed by atoms with E-state index in [1.165, 1.54) is 6.08 Å². The highest BCUT2D eigenvalue weighted by Gasteiger charge is 2.46. The number of fused-ring (bicyclic) bond motifs is 1. The summed E-state index contributed by atoms with van der Waals surface area (Å²) in [5.41, 5.74) is 2.03. The number of aromatic nitrogens is 1. The van der Waals surface area contributed by atoms with E-state index in [-0.39, 0.29) is 18.0 Å². The second-order valence-electron chi connectivity index (χ2n) is 8.45. The Kier molecular flexibility index (Phi) is 5.46. The monoisotopic (exact) mass is 444 g/mol. The molecule has 1 N–H and O–H groups in total. The number of benzene rings is 2. The zero-order valence-corrected chi connectivity index (χ0v) is 18.1. The summed E-state index contributed by atoms with van der Waals surface area (Å²) in [6, 6.07) is 16.7. The minimum Gasteiger partial charge on any atom is -0.419 e. The zero-order chi connectivity index (χ0) is 22.8. The summed E-state index contributed by atoms with van der Waals surface area (Å²) >= 11 is 0. The lowest BCUT2D eigenvalue weighted by Crippen LogP contribution is -2.47. The average molecular weight is 444 g/mol. The van der Waals surface area contributed by atoms with Gasteiger partial charge in [-0.2, -0.15) is 0 Å². The van der Waals surface area contributed by atoms with Gasteiger partial charge in [0.2, 0.25) is 5.91 Å². The largest absolute Gasteiger partial charge is 0.419 e. The van der Waals surface area contributed by atoms with Crippen LogP contribution in [0.25, 0.3) is 17.0 Å². The van der Waals surface area contributed by atoms with Crippen molar-refractivity contribution in [2.75, 3.05) is 5.32 Å². The molecule has 0 unspecified atom stereocenters. The number of esters is 2. The third-order valence-electron chi connectivity index (χ3n) is 6.10. The third-order valence-corrected chi connectivity index (χ3v) is 6.10. The number of carbonyl (C=O) groups excluding carboxylic acids is 3. The van der Waals surface area contributed by atoms with Crippen LogP contribution in [0, 0.1) is 0 Å². The van der Waals surface area contributed by atoms with E-state index in [1.807, 2.05) is 54.6 Å². The molecule has 0 radical (unpaired) electrons. The van der Waals surface area contributed by atoms with E-state index in [4.69, 9.17) is 9.47 Å². The zero-order valence-electron chi connectivity index (χ0n) is 18.1. The van der Waals surface area contributed by atoms with Crippen molar-refractivity contribution in [1.82, 2.24) is 4.57 Å². The first-order chi connectivity index (χ1) is 16.0. The number of carbonyl (C=O) groups is 3. The Morgan fingerprint density at radius 3 is 2.33 bits per heavy atom. The molecule has 0 atom stereocenters. The van der Waals surface area contributed by atoms with Gasteiger partial charge in [0.15, 0.2) is 0 Å². The number of hydrogen-bond acceptors (Lipinski definition) is 5. The Morgan fingerprint density at radius 1 is 0.939 bits per heavy atom. The second kappa shape index (κ2) is 8.58. The van der Waals surface area contributed by atoms with Crippen LogP contribution in [-0.4, -0.2) is 28.2 Å². The topological polar surface area (TPSA) is 86.6 Å². The molecule has 0 bridgehead atoms. The van der Waals surface area contributed by atoms with Crippen molar-refractivity contribution < 1.29 is 23.9 Å². The first-order valence-corrected chi connectivity index (χ1v) is 11.1. The van der Waals surface area contributed by atoms with E-state index in [0.29, 0.717) is 24.1 Å². The molecular formula is C26H24N2O5. The molecular weight excluding hydrogens is 420 g/mol. The molecule has 1 saturated carbocycles. The number of para-hydroxylation sites is 2. The molecule has 2 fully saturated rings. The predicted octanol–water partition coefficient (Wildman–Crippen LogP) is 4.42. The maximum absolute atomic E-state index is 12.7. The molecule has 1 saturated heterocycles. The van der Waals surface area contributed by atoms with Gasteiger partial charge in [-0.25, -0.2) is 9.59 Å². The number of rotatable bonds is 4. The van der Waals surface area contributed by atoms with Crippen molar-refractivity contribution in [3.8, 4) is 0 Å². The van der Waals surface area contributed by atoms with Gasteiger partial charge in [0, 0.05) is 41.2 Å². The minimum absolute atomic E-state index is 0.0799. The molecule has 3 aromatic rings. The fourth-order valence-corrected chi connectivity index (χ4v) is 4.52. The van der Waals surface area contributed by atoms with Gasteiger partial charge < -0.3 is 19.4 Å². The van der Waals surface area contributed by atoms with Crippen LogP contribution in [0.1, 0.15) is 37.7 Å². The molecule has 168 valence electrons. The van der Waals surface area contributed by atoms with Crippen molar-refractivity contribution >= 4 is 40.5 Å². The first kappa shape index (κ1) is 21.0. The van der Waals surface area contributed by atoms with Gasteiger partial charge in [0.05, 0.1) is 0 Å². The predicted molar refractivity (Wildman–Crippen MR) is 123 cm³/mol. The molecule has 7 heteroatoms. The fraction of sp³-hybridized carbons (Fsp3) is 0.269. The fourth-order valence-electron chi connectivity index (χ4n) is 4.52. The number of hydrogen-bond donors (Lipinski definition) is 1. The van der Waals surface area contributed by atoms with Crippen LogP contribution in [0.5, 0.6) is 0 Å². The number of ether oxygens (including phenoxy) is 2. The molecule has 1 aromatic heterocycles. The number of nitrogens with one attached hydrogen (secondary N) is 1. The van der Waals surface area contributed by atoms with Crippen molar-refractivity contribution in [1.29, 1.82) is 0 Å². The van der Waals surface area contributed by atoms with E-state index < -0.39 is 17.7 Å². The summed E-state index contributed by atoms with van der Waals surface area (Å²) in [7, 11) is 0. The Morgan fingerprint density at radius 2 is 1.61 bits per heavy atom. The summed E-state index contributed by atoms with van der Waals surface area (Å²) in [4.78, 5) is 38.1.